The van der Waals surface area contributed by atoms with Crippen molar-refractivity contribution in [2.45, 2.75) is 38.6 Å². The first-order chi connectivity index (χ1) is 9.09. The van der Waals surface area contributed by atoms with Gasteiger partial charge in [0.05, 0.1) is 5.56 Å². The molecule has 102 valence electrons. The summed E-state index contributed by atoms with van der Waals surface area (Å²) in [6.45, 7) is 1.97. The fourth-order valence-electron chi connectivity index (χ4n) is 2.61. The summed E-state index contributed by atoms with van der Waals surface area (Å²) in [6.07, 6.45) is 6.08. The highest BCUT2D eigenvalue weighted by molar-refractivity contribution is 6.03. The van der Waals surface area contributed by atoms with E-state index >= 15 is 0 Å². The van der Waals surface area contributed by atoms with E-state index in [4.69, 9.17) is 5.11 Å². The van der Waals surface area contributed by atoms with Crippen LogP contribution < -0.4 is 5.32 Å². The van der Waals surface area contributed by atoms with Crippen molar-refractivity contribution >= 4 is 11.9 Å². The molecule has 0 saturated heterocycles. The minimum Gasteiger partial charge on any atom is -0.478 e. The maximum absolute atomic E-state index is 12.1. The predicted molar refractivity (Wildman–Crippen MR) is 70.1 cm³/mol. The summed E-state index contributed by atoms with van der Waals surface area (Å²) in [5, 5.41) is 11.9. The molecule has 1 heterocycles. The molecule has 5 nitrogen and oxygen atoms in total. The largest absolute Gasteiger partial charge is 0.478 e. The molecule has 0 aromatic carbocycles. The zero-order chi connectivity index (χ0) is 13.8. The summed E-state index contributed by atoms with van der Waals surface area (Å²) in [4.78, 5) is 27.0. The third-order valence-electron chi connectivity index (χ3n) is 3.72. The maximum Gasteiger partial charge on any atom is 0.338 e. The highest BCUT2D eigenvalue weighted by Gasteiger charge is 2.25. The Morgan fingerprint density at radius 3 is 2.74 bits per heavy atom. The van der Waals surface area contributed by atoms with E-state index in [1.807, 2.05) is 6.92 Å². The van der Waals surface area contributed by atoms with Crippen LogP contribution in [0.5, 0.6) is 0 Å². The molecule has 19 heavy (non-hydrogen) atoms. The van der Waals surface area contributed by atoms with Gasteiger partial charge in [-0.15, -0.1) is 0 Å². The molecular weight excluding hydrogens is 244 g/mol. The third-order valence-corrected chi connectivity index (χ3v) is 3.72. The lowest BCUT2D eigenvalue weighted by Gasteiger charge is -2.20. The molecule has 0 bridgehead atoms. The van der Waals surface area contributed by atoms with Crippen molar-refractivity contribution < 1.29 is 14.7 Å². The van der Waals surface area contributed by atoms with Crippen molar-refractivity contribution in [2.24, 2.45) is 5.92 Å². The smallest absolute Gasteiger partial charge is 0.338 e. The minimum atomic E-state index is -1.13. The second-order valence-electron chi connectivity index (χ2n) is 5.01. The number of rotatable bonds is 4. The highest BCUT2D eigenvalue weighted by Crippen LogP contribution is 2.27. The first kappa shape index (κ1) is 13.5. The van der Waals surface area contributed by atoms with Crippen molar-refractivity contribution in [3.05, 3.63) is 29.6 Å². The van der Waals surface area contributed by atoms with Gasteiger partial charge in [0.15, 0.2) is 0 Å². The van der Waals surface area contributed by atoms with Gasteiger partial charge in [0.2, 0.25) is 0 Å². The molecule has 1 saturated carbocycles. The van der Waals surface area contributed by atoms with E-state index in [9.17, 15) is 9.59 Å². The standard InChI is InChI=1S/C14H18N2O3/c1-9(10-5-2-3-6-10)16-13(17)12-11(14(18)19)7-4-8-15-12/h4,7-10H,2-3,5-6H2,1H3,(H,16,17)(H,18,19)/t9-/m1/s1. The Bertz CT molecular complexity index is 481. The molecule has 1 aliphatic carbocycles. The number of carboxylic acid groups (broad SMARTS) is 1. The van der Waals surface area contributed by atoms with E-state index < -0.39 is 11.9 Å². The number of aromatic nitrogens is 1. The Balaban J connectivity index is 2.09. The summed E-state index contributed by atoms with van der Waals surface area (Å²) >= 11 is 0. The maximum atomic E-state index is 12.1. The lowest BCUT2D eigenvalue weighted by atomic mass is 9.99. The number of pyridine rings is 1. The molecule has 0 unspecified atom stereocenters. The van der Waals surface area contributed by atoms with E-state index in [1.165, 1.54) is 31.2 Å². The molecule has 1 fully saturated rings. The first-order valence-electron chi connectivity index (χ1n) is 6.58. The molecule has 1 aromatic heterocycles. The van der Waals surface area contributed by atoms with Crippen LogP contribution in [0.1, 0.15) is 53.5 Å². The average Bonchev–Trinajstić information content (AvgIpc) is 2.92. The summed E-state index contributed by atoms with van der Waals surface area (Å²) in [6, 6.07) is 2.96. The zero-order valence-electron chi connectivity index (χ0n) is 10.9. The topological polar surface area (TPSA) is 79.3 Å². The summed E-state index contributed by atoms with van der Waals surface area (Å²) in [5.41, 5.74) is -0.0709. The molecule has 0 spiro atoms. The number of nitrogens with zero attached hydrogens (tertiary/aromatic N) is 1. The number of carbonyl (C=O) groups excluding carboxylic acids is 1. The first-order valence-corrected chi connectivity index (χ1v) is 6.58. The Kier molecular flexibility index (Phi) is 4.14. The molecule has 1 aliphatic rings. The van der Waals surface area contributed by atoms with Gasteiger partial charge in [-0.25, -0.2) is 4.79 Å². The van der Waals surface area contributed by atoms with Gasteiger partial charge in [-0.1, -0.05) is 12.8 Å². The lowest BCUT2D eigenvalue weighted by Crippen LogP contribution is -2.38. The van der Waals surface area contributed by atoms with Crippen LogP contribution in [0.15, 0.2) is 18.3 Å². The SMILES string of the molecule is C[C@@H](NC(=O)c1ncccc1C(=O)O)C1CCCC1. The van der Waals surface area contributed by atoms with Crippen LogP contribution in [0.3, 0.4) is 0 Å². The van der Waals surface area contributed by atoms with Crippen LogP contribution in [0, 0.1) is 5.92 Å². The lowest BCUT2D eigenvalue weighted by molar-refractivity contribution is 0.0689. The Morgan fingerprint density at radius 2 is 2.11 bits per heavy atom. The summed E-state index contributed by atoms with van der Waals surface area (Å²) in [7, 11) is 0. The molecule has 0 radical (unpaired) electrons. The molecular formula is C14H18N2O3. The third kappa shape index (κ3) is 3.10. The van der Waals surface area contributed by atoms with E-state index in [2.05, 4.69) is 10.3 Å². The normalized spacial score (nSPS) is 17.1. The number of amides is 1. The van der Waals surface area contributed by atoms with Crippen LogP contribution >= 0.6 is 0 Å². The minimum absolute atomic E-state index is 0.0140. The summed E-state index contributed by atoms with van der Waals surface area (Å²) < 4.78 is 0. The Morgan fingerprint density at radius 1 is 1.42 bits per heavy atom. The van der Waals surface area contributed by atoms with Crippen molar-refractivity contribution in [3.63, 3.8) is 0 Å². The van der Waals surface area contributed by atoms with Crippen LogP contribution in [0.25, 0.3) is 0 Å². The monoisotopic (exact) mass is 262 g/mol. The quantitative estimate of drug-likeness (QED) is 0.870. The van der Waals surface area contributed by atoms with Crippen molar-refractivity contribution in [1.29, 1.82) is 0 Å². The highest BCUT2D eigenvalue weighted by atomic mass is 16.4. The average molecular weight is 262 g/mol. The molecule has 5 heteroatoms. The van der Waals surface area contributed by atoms with Crippen LogP contribution in [0.2, 0.25) is 0 Å². The number of hydrogen-bond acceptors (Lipinski definition) is 3. The molecule has 1 amide bonds. The number of aromatic carboxylic acids is 1. The molecule has 1 atom stereocenters. The van der Waals surface area contributed by atoms with Crippen LogP contribution in [-0.2, 0) is 0 Å². The van der Waals surface area contributed by atoms with Gasteiger partial charge in [0.25, 0.3) is 5.91 Å². The van der Waals surface area contributed by atoms with E-state index in [0.29, 0.717) is 5.92 Å². The number of carbonyl (C=O) groups is 2. The Labute approximate surface area is 112 Å². The van der Waals surface area contributed by atoms with E-state index in [0.717, 1.165) is 12.8 Å². The van der Waals surface area contributed by atoms with Crippen LogP contribution in [0.4, 0.5) is 0 Å². The second kappa shape index (κ2) is 5.82. The van der Waals surface area contributed by atoms with Gasteiger partial charge in [-0.3, -0.25) is 9.78 Å². The molecule has 0 aliphatic heterocycles. The van der Waals surface area contributed by atoms with Gasteiger partial charge in [-0.2, -0.15) is 0 Å². The van der Waals surface area contributed by atoms with E-state index in [-0.39, 0.29) is 17.3 Å². The van der Waals surface area contributed by atoms with Gasteiger partial charge in [0, 0.05) is 12.2 Å². The summed E-state index contributed by atoms with van der Waals surface area (Å²) in [5.74, 6) is -1.05. The Hall–Kier alpha value is -1.91. The van der Waals surface area contributed by atoms with Crippen molar-refractivity contribution in [3.8, 4) is 0 Å². The fraction of sp³-hybridized carbons (Fsp3) is 0.500. The van der Waals surface area contributed by atoms with Gasteiger partial charge >= 0.3 is 5.97 Å². The number of carboxylic acids is 1. The number of hydrogen-bond donors (Lipinski definition) is 2. The predicted octanol–water partition coefficient (Wildman–Crippen LogP) is 2.09. The fourth-order valence-corrected chi connectivity index (χ4v) is 2.61. The van der Waals surface area contributed by atoms with Gasteiger partial charge in [0.1, 0.15) is 5.69 Å². The van der Waals surface area contributed by atoms with Crippen molar-refractivity contribution in [2.75, 3.05) is 0 Å². The van der Waals surface area contributed by atoms with E-state index in [1.54, 1.807) is 0 Å². The van der Waals surface area contributed by atoms with Crippen molar-refractivity contribution in [1.82, 2.24) is 10.3 Å². The van der Waals surface area contributed by atoms with Crippen LogP contribution in [-0.4, -0.2) is 28.0 Å². The van der Waals surface area contributed by atoms with Gasteiger partial charge in [-0.05, 0) is 37.8 Å². The number of nitrogens with one attached hydrogen (secondary N) is 1. The molecule has 2 N–H and O–H groups in total. The molecule has 1 aromatic rings. The zero-order valence-corrected chi connectivity index (χ0v) is 10.9. The second-order valence-corrected chi connectivity index (χ2v) is 5.01. The molecule has 2 rings (SSSR count). The van der Waals surface area contributed by atoms with Gasteiger partial charge < -0.3 is 10.4 Å².